The second-order valence-electron chi connectivity index (χ2n) is 5.29. The lowest BCUT2D eigenvalue weighted by atomic mass is 9.95. The summed E-state index contributed by atoms with van der Waals surface area (Å²) in [4.78, 5) is 9.29. The fraction of sp³-hybridized carbons (Fsp3) is 0.375. The molecule has 3 rings (SSSR count). The lowest BCUT2D eigenvalue weighted by Gasteiger charge is -2.17. The lowest BCUT2D eigenvalue weighted by molar-refractivity contribution is 0.538. The van der Waals surface area contributed by atoms with Gasteiger partial charge in [0, 0.05) is 23.3 Å². The molecule has 1 aromatic carbocycles. The Bertz CT molecular complexity index is 614. The molecule has 2 heteroatoms. The van der Waals surface area contributed by atoms with Gasteiger partial charge in [-0.1, -0.05) is 25.1 Å². The molecule has 2 heterocycles. The maximum Gasteiger partial charge on any atom is 0.0711 e. The Kier molecular flexibility index (Phi) is 2.86. The number of fused-ring (bicyclic) bond motifs is 1. The SMILES string of the molecule is Cc1ccc2ccc(C3=NC[C@@H](C)CC3)cc2n1. The van der Waals surface area contributed by atoms with Crippen LogP contribution in [-0.2, 0) is 0 Å². The number of aromatic nitrogens is 1. The van der Waals surface area contributed by atoms with E-state index in [0.29, 0.717) is 0 Å². The van der Waals surface area contributed by atoms with Crippen LogP contribution in [0, 0.1) is 12.8 Å². The van der Waals surface area contributed by atoms with Crippen LogP contribution in [0.15, 0.2) is 35.3 Å². The first-order valence-electron chi connectivity index (χ1n) is 6.63. The maximum atomic E-state index is 4.70. The van der Waals surface area contributed by atoms with Gasteiger partial charge in [-0.2, -0.15) is 0 Å². The van der Waals surface area contributed by atoms with Crippen molar-refractivity contribution in [2.75, 3.05) is 6.54 Å². The van der Waals surface area contributed by atoms with Gasteiger partial charge in [0.2, 0.25) is 0 Å². The Hall–Kier alpha value is -1.70. The minimum atomic E-state index is 0.731. The first kappa shape index (κ1) is 11.4. The number of benzene rings is 1. The van der Waals surface area contributed by atoms with Crippen LogP contribution in [0.25, 0.3) is 10.9 Å². The number of aliphatic imine (C=N–C) groups is 1. The van der Waals surface area contributed by atoms with Gasteiger partial charge in [-0.25, -0.2) is 0 Å². The molecule has 0 unspecified atom stereocenters. The monoisotopic (exact) mass is 238 g/mol. The molecule has 2 aromatic rings. The van der Waals surface area contributed by atoms with Gasteiger partial charge in [-0.3, -0.25) is 9.98 Å². The van der Waals surface area contributed by atoms with Crippen molar-refractivity contribution in [3.63, 3.8) is 0 Å². The Morgan fingerprint density at radius 3 is 2.78 bits per heavy atom. The van der Waals surface area contributed by atoms with E-state index in [9.17, 15) is 0 Å². The summed E-state index contributed by atoms with van der Waals surface area (Å²) in [5, 5.41) is 1.20. The van der Waals surface area contributed by atoms with Gasteiger partial charge >= 0.3 is 0 Å². The number of aryl methyl sites for hydroxylation is 1. The molecule has 0 fully saturated rings. The van der Waals surface area contributed by atoms with E-state index in [4.69, 9.17) is 4.99 Å². The molecule has 1 aliphatic heterocycles. The Balaban J connectivity index is 2.02. The first-order valence-corrected chi connectivity index (χ1v) is 6.63. The lowest BCUT2D eigenvalue weighted by Crippen LogP contribution is -2.14. The van der Waals surface area contributed by atoms with Crippen LogP contribution in [0.1, 0.15) is 31.0 Å². The molecule has 1 aliphatic rings. The van der Waals surface area contributed by atoms with Crippen molar-refractivity contribution < 1.29 is 0 Å². The van der Waals surface area contributed by atoms with Crippen LogP contribution >= 0.6 is 0 Å². The van der Waals surface area contributed by atoms with E-state index in [2.05, 4.69) is 42.2 Å². The average Bonchev–Trinajstić information content (AvgIpc) is 2.38. The quantitative estimate of drug-likeness (QED) is 0.742. The van der Waals surface area contributed by atoms with Gasteiger partial charge < -0.3 is 0 Å². The van der Waals surface area contributed by atoms with E-state index < -0.39 is 0 Å². The van der Waals surface area contributed by atoms with Gasteiger partial charge in [0.05, 0.1) is 5.52 Å². The maximum absolute atomic E-state index is 4.70. The third-order valence-corrected chi connectivity index (χ3v) is 3.63. The summed E-state index contributed by atoms with van der Waals surface area (Å²) in [6.07, 6.45) is 2.34. The summed E-state index contributed by atoms with van der Waals surface area (Å²) in [6.45, 7) is 5.27. The van der Waals surface area contributed by atoms with Crippen molar-refractivity contribution in [3.05, 3.63) is 41.6 Å². The molecule has 2 nitrogen and oxygen atoms in total. The van der Waals surface area contributed by atoms with Crippen molar-refractivity contribution in [1.82, 2.24) is 4.98 Å². The minimum absolute atomic E-state index is 0.731. The molecule has 0 bridgehead atoms. The Morgan fingerprint density at radius 1 is 1.17 bits per heavy atom. The predicted molar refractivity (Wildman–Crippen MR) is 76.3 cm³/mol. The predicted octanol–water partition coefficient (Wildman–Crippen LogP) is 3.76. The average molecular weight is 238 g/mol. The van der Waals surface area contributed by atoms with Gasteiger partial charge in [0.1, 0.15) is 0 Å². The molecule has 92 valence electrons. The van der Waals surface area contributed by atoms with Gasteiger partial charge in [0.25, 0.3) is 0 Å². The number of hydrogen-bond donors (Lipinski definition) is 0. The van der Waals surface area contributed by atoms with Crippen LogP contribution in [0.4, 0.5) is 0 Å². The van der Waals surface area contributed by atoms with Gasteiger partial charge in [-0.05, 0) is 43.4 Å². The highest BCUT2D eigenvalue weighted by molar-refractivity contribution is 6.03. The zero-order valence-corrected chi connectivity index (χ0v) is 11.0. The van der Waals surface area contributed by atoms with E-state index in [1.165, 1.54) is 23.1 Å². The van der Waals surface area contributed by atoms with Crippen LogP contribution in [0.5, 0.6) is 0 Å². The van der Waals surface area contributed by atoms with Crippen molar-refractivity contribution in [3.8, 4) is 0 Å². The standard InChI is InChI=1S/C16H18N2/c1-11-3-8-15(17-10-11)14-7-6-13-5-4-12(2)18-16(13)9-14/h4-7,9,11H,3,8,10H2,1-2H3/t11-/m0/s1. The van der Waals surface area contributed by atoms with Crippen LogP contribution in [-0.4, -0.2) is 17.2 Å². The smallest absolute Gasteiger partial charge is 0.0711 e. The highest BCUT2D eigenvalue weighted by atomic mass is 14.8. The topological polar surface area (TPSA) is 25.2 Å². The largest absolute Gasteiger partial charge is 0.289 e. The van der Waals surface area contributed by atoms with Crippen molar-refractivity contribution in [2.24, 2.45) is 10.9 Å². The molecular formula is C16H18N2. The summed E-state index contributed by atoms with van der Waals surface area (Å²) in [7, 11) is 0. The number of nitrogens with zero attached hydrogens (tertiary/aromatic N) is 2. The third kappa shape index (κ3) is 2.15. The normalized spacial score (nSPS) is 19.9. The molecule has 0 saturated carbocycles. The highest BCUT2D eigenvalue weighted by Gasteiger charge is 2.13. The molecule has 0 spiro atoms. The van der Waals surface area contributed by atoms with Crippen molar-refractivity contribution in [1.29, 1.82) is 0 Å². The second kappa shape index (κ2) is 4.52. The summed E-state index contributed by atoms with van der Waals surface area (Å²) in [5.74, 6) is 0.731. The molecule has 1 aromatic heterocycles. The second-order valence-corrected chi connectivity index (χ2v) is 5.29. The summed E-state index contributed by atoms with van der Waals surface area (Å²) >= 11 is 0. The first-order chi connectivity index (χ1) is 8.72. The zero-order chi connectivity index (χ0) is 12.5. The molecule has 0 amide bonds. The Morgan fingerprint density at radius 2 is 2.00 bits per heavy atom. The summed E-state index contributed by atoms with van der Waals surface area (Å²) < 4.78 is 0. The molecule has 1 atom stereocenters. The summed E-state index contributed by atoms with van der Waals surface area (Å²) in [6, 6.07) is 10.7. The fourth-order valence-corrected chi connectivity index (χ4v) is 2.45. The van der Waals surface area contributed by atoms with Crippen LogP contribution < -0.4 is 0 Å². The van der Waals surface area contributed by atoms with E-state index in [1.807, 2.05) is 6.92 Å². The molecule has 18 heavy (non-hydrogen) atoms. The zero-order valence-electron chi connectivity index (χ0n) is 11.0. The van der Waals surface area contributed by atoms with Crippen LogP contribution in [0.3, 0.4) is 0 Å². The number of pyridine rings is 1. The molecule has 0 N–H and O–H groups in total. The minimum Gasteiger partial charge on any atom is -0.289 e. The van der Waals surface area contributed by atoms with Crippen molar-refractivity contribution in [2.45, 2.75) is 26.7 Å². The van der Waals surface area contributed by atoms with E-state index in [0.717, 1.165) is 30.1 Å². The van der Waals surface area contributed by atoms with Gasteiger partial charge in [0.15, 0.2) is 0 Å². The highest BCUT2D eigenvalue weighted by Crippen LogP contribution is 2.21. The van der Waals surface area contributed by atoms with Crippen LogP contribution in [0.2, 0.25) is 0 Å². The van der Waals surface area contributed by atoms with E-state index >= 15 is 0 Å². The molecule has 0 radical (unpaired) electrons. The van der Waals surface area contributed by atoms with Gasteiger partial charge in [-0.15, -0.1) is 0 Å². The number of hydrogen-bond acceptors (Lipinski definition) is 2. The third-order valence-electron chi connectivity index (χ3n) is 3.63. The fourth-order valence-electron chi connectivity index (χ4n) is 2.45. The summed E-state index contributed by atoms with van der Waals surface area (Å²) in [5.41, 5.74) is 4.64. The Labute approximate surface area is 108 Å². The number of rotatable bonds is 1. The van der Waals surface area contributed by atoms with E-state index in [1.54, 1.807) is 0 Å². The molecular weight excluding hydrogens is 220 g/mol. The molecule has 0 aliphatic carbocycles. The van der Waals surface area contributed by atoms with Crippen molar-refractivity contribution >= 4 is 16.6 Å². The molecule has 0 saturated heterocycles. The van der Waals surface area contributed by atoms with E-state index in [-0.39, 0.29) is 0 Å².